The van der Waals surface area contributed by atoms with Crippen molar-refractivity contribution in [3.8, 4) is 12.3 Å². The average Bonchev–Trinajstić information content (AvgIpc) is 3.21. The van der Waals surface area contributed by atoms with Crippen molar-refractivity contribution in [2.45, 2.75) is 10.6 Å². The summed E-state index contributed by atoms with van der Waals surface area (Å²) in [6.07, 6.45) is 5.16. The van der Waals surface area contributed by atoms with Crippen molar-refractivity contribution in [2.24, 2.45) is 0 Å². The number of carbonyl (C=O) groups is 1. The van der Waals surface area contributed by atoms with E-state index in [1.165, 1.54) is 19.2 Å². The van der Waals surface area contributed by atoms with Crippen molar-refractivity contribution >= 4 is 65.3 Å². The van der Waals surface area contributed by atoms with Gasteiger partial charge in [0, 0.05) is 30.4 Å². The van der Waals surface area contributed by atoms with E-state index in [4.69, 9.17) is 22.8 Å². The van der Waals surface area contributed by atoms with Crippen molar-refractivity contribution in [2.75, 3.05) is 12.8 Å². The average molecular weight is 576 g/mol. The molecule has 0 fully saturated rings. The van der Waals surface area contributed by atoms with E-state index in [1.54, 1.807) is 0 Å². The summed E-state index contributed by atoms with van der Waals surface area (Å²) in [5, 5.41) is 0. The van der Waals surface area contributed by atoms with Gasteiger partial charge in [-0.25, -0.2) is 8.42 Å². The Morgan fingerprint density at radius 2 is 1.73 bits per heavy atom. The first-order valence-corrected chi connectivity index (χ1v) is 12.5. The Morgan fingerprint density at radius 1 is 1.13 bits per heavy atom. The molecule has 2 aromatic carbocycles. The first-order chi connectivity index (χ1) is 14.2. The molecule has 0 saturated heterocycles. The van der Waals surface area contributed by atoms with E-state index in [0.29, 0.717) is 4.88 Å². The topological polar surface area (TPSA) is 86.5 Å². The normalized spacial score (nSPS) is 9.80. The number of methoxy groups -OCH3 is 1. The van der Waals surface area contributed by atoms with Gasteiger partial charge in [0.05, 0.1) is 13.5 Å². The number of esters is 1. The maximum atomic E-state index is 10.9. The highest BCUT2D eigenvalue weighted by Gasteiger charge is 2.14. The van der Waals surface area contributed by atoms with Crippen LogP contribution in [0.2, 0.25) is 0 Å². The summed E-state index contributed by atoms with van der Waals surface area (Å²) in [4.78, 5) is 11.4. The van der Waals surface area contributed by atoms with Crippen LogP contribution in [0.4, 0.5) is 5.69 Å². The molecule has 5 nitrogen and oxygen atoms in total. The minimum absolute atomic E-state index is 0.0399. The molecule has 0 spiro atoms. The standard InChI is InChI=1S/C8H6.C7H7ClO4S2.C6H6IN/c1-2-8-6-4-3-5-7-8;1-12-6(9)4-5-2-3-7(13-5)14(8,10)11;7-5-3-1-2-4-6(5)8/h1,3-7H;2-3H,4H2,1H3;1-4H,8H2. The summed E-state index contributed by atoms with van der Waals surface area (Å²) in [6.45, 7) is 0. The van der Waals surface area contributed by atoms with Crippen molar-refractivity contribution in [3.63, 3.8) is 0 Å². The molecule has 0 aliphatic carbocycles. The molecule has 3 aromatic rings. The molecular formula is C21H19ClINO4S2. The van der Waals surface area contributed by atoms with Gasteiger partial charge in [0.15, 0.2) is 0 Å². The smallest absolute Gasteiger partial charge is 0.310 e. The SMILES string of the molecule is C#Cc1ccccc1.COC(=O)Cc1ccc(S(=O)(=O)Cl)s1.Nc1ccccc1I. The number of carbonyl (C=O) groups excluding carboxylic acids is 1. The van der Waals surface area contributed by atoms with E-state index < -0.39 is 15.0 Å². The summed E-state index contributed by atoms with van der Waals surface area (Å²) in [7, 11) is 2.70. The molecule has 0 unspecified atom stereocenters. The number of halogens is 2. The van der Waals surface area contributed by atoms with Crippen molar-refractivity contribution in [3.05, 3.63) is 80.7 Å². The van der Waals surface area contributed by atoms with Gasteiger partial charge in [0.25, 0.3) is 9.05 Å². The number of hydrogen-bond donors (Lipinski definition) is 1. The van der Waals surface area contributed by atoms with Crippen LogP contribution in [0.3, 0.4) is 0 Å². The van der Waals surface area contributed by atoms with Crippen LogP contribution < -0.4 is 5.73 Å². The minimum Gasteiger partial charge on any atom is -0.469 e. The molecule has 1 aromatic heterocycles. The molecule has 3 rings (SSSR count). The maximum Gasteiger partial charge on any atom is 0.310 e. The highest BCUT2D eigenvalue weighted by Crippen LogP contribution is 2.25. The molecule has 2 N–H and O–H groups in total. The molecule has 0 bridgehead atoms. The zero-order valence-corrected chi connectivity index (χ0v) is 20.5. The van der Waals surface area contributed by atoms with Gasteiger partial charge in [-0.1, -0.05) is 36.3 Å². The number of anilines is 1. The van der Waals surface area contributed by atoms with Crippen LogP contribution in [-0.2, 0) is 25.0 Å². The van der Waals surface area contributed by atoms with Crippen LogP contribution in [0.5, 0.6) is 0 Å². The summed E-state index contributed by atoms with van der Waals surface area (Å²) < 4.78 is 27.3. The Hall–Kier alpha value is -2.06. The third kappa shape index (κ3) is 10.1. The number of thiophene rings is 1. The third-order valence-corrected chi connectivity index (χ3v) is 7.43. The third-order valence-electron chi connectivity index (χ3n) is 3.27. The van der Waals surface area contributed by atoms with Crippen LogP contribution in [0, 0.1) is 15.9 Å². The number of terminal acetylenes is 1. The number of nitrogen functional groups attached to an aromatic ring is 1. The lowest BCUT2D eigenvalue weighted by atomic mass is 10.2. The first kappa shape index (κ1) is 26.0. The molecule has 0 aliphatic heterocycles. The second-order valence-corrected chi connectivity index (χ2v) is 10.6. The fraction of sp³-hybridized carbons (Fsp3) is 0.0952. The van der Waals surface area contributed by atoms with Gasteiger partial charge in [0.2, 0.25) is 0 Å². The van der Waals surface area contributed by atoms with Crippen molar-refractivity contribution < 1.29 is 17.9 Å². The van der Waals surface area contributed by atoms with Crippen LogP contribution >= 0.6 is 44.6 Å². The summed E-state index contributed by atoms with van der Waals surface area (Å²) in [5.41, 5.74) is 7.30. The lowest BCUT2D eigenvalue weighted by Gasteiger charge is -1.94. The highest BCUT2D eigenvalue weighted by molar-refractivity contribution is 14.1. The van der Waals surface area contributed by atoms with E-state index in [1.807, 2.05) is 54.6 Å². The number of rotatable bonds is 3. The number of ether oxygens (including phenoxy) is 1. The molecule has 0 radical (unpaired) electrons. The van der Waals surface area contributed by atoms with E-state index >= 15 is 0 Å². The van der Waals surface area contributed by atoms with E-state index in [-0.39, 0.29) is 10.6 Å². The maximum absolute atomic E-state index is 10.9. The quantitative estimate of drug-likeness (QED) is 0.157. The molecule has 0 aliphatic rings. The fourth-order valence-corrected chi connectivity index (χ4v) is 4.30. The Kier molecular flexibility index (Phi) is 11.5. The fourth-order valence-electron chi connectivity index (χ4n) is 1.81. The van der Waals surface area contributed by atoms with Gasteiger partial charge in [-0.2, -0.15) is 0 Å². The zero-order chi connectivity index (χ0) is 22.6. The molecule has 0 atom stereocenters. The predicted octanol–water partition coefficient (Wildman–Crippen LogP) is 4.93. The second kappa shape index (κ2) is 13.3. The van der Waals surface area contributed by atoms with Crippen LogP contribution in [0.15, 0.2) is 70.9 Å². The van der Waals surface area contributed by atoms with Crippen molar-refractivity contribution in [1.29, 1.82) is 0 Å². The van der Waals surface area contributed by atoms with Gasteiger partial charge in [-0.05, 0) is 59.0 Å². The van der Waals surface area contributed by atoms with E-state index in [0.717, 1.165) is 26.2 Å². The minimum atomic E-state index is -3.69. The van der Waals surface area contributed by atoms with Crippen molar-refractivity contribution in [1.82, 2.24) is 0 Å². The van der Waals surface area contributed by atoms with Crippen LogP contribution in [-0.4, -0.2) is 21.5 Å². The molecule has 0 amide bonds. The van der Waals surface area contributed by atoms with Gasteiger partial charge in [0.1, 0.15) is 4.21 Å². The van der Waals surface area contributed by atoms with Crippen LogP contribution in [0.25, 0.3) is 0 Å². The van der Waals surface area contributed by atoms with Gasteiger partial charge >= 0.3 is 5.97 Å². The van der Waals surface area contributed by atoms with E-state index in [2.05, 4.69) is 33.2 Å². The number of benzene rings is 2. The van der Waals surface area contributed by atoms with Gasteiger partial charge < -0.3 is 10.5 Å². The predicted molar refractivity (Wildman–Crippen MR) is 131 cm³/mol. The highest BCUT2D eigenvalue weighted by atomic mass is 127. The Bertz CT molecular complexity index is 1070. The number of hydrogen-bond acceptors (Lipinski definition) is 6. The molecule has 1 heterocycles. The lowest BCUT2D eigenvalue weighted by Crippen LogP contribution is -2.02. The monoisotopic (exact) mass is 575 g/mol. The summed E-state index contributed by atoms with van der Waals surface area (Å²) in [6, 6.07) is 20.3. The van der Waals surface area contributed by atoms with E-state index in [9.17, 15) is 13.2 Å². The summed E-state index contributed by atoms with van der Waals surface area (Å²) in [5.74, 6) is 2.12. The Morgan fingerprint density at radius 3 is 2.13 bits per heavy atom. The van der Waals surface area contributed by atoms with Crippen LogP contribution in [0.1, 0.15) is 10.4 Å². The van der Waals surface area contributed by atoms with Gasteiger partial charge in [-0.15, -0.1) is 17.8 Å². The number of nitrogens with two attached hydrogens (primary N) is 1. The zero-order valence-electron chi connectivity index (χ0n) is 15.9. The Labute approximate surface area is 198 Å². The second-order valence-electron chi connectivity index (χ2n) is 5.44. The largest absolute Gasteiger partial charge is 0.469 e. The Balaban J connectivity index is 0.000000240. The first-order valence-electron chi connectivity index (χ1n) is 8.29. The lowest BCUT2D eigenvalue weighted by molar-refractivity contribution is -0.139. The molecule has 0 saturated carbocycles. The van der Waals surface area contributed by atoms with Gasteiger partial charge in [-0.3, -0.25) is 4.79 Å². The molecule has 9 heteroatoms. The summed E-state index contributed by atoms with van der Waals surface area (Å²) >= 11 is 3.16. The molecule has 30 heavy (non-hydrogen) atoms. The number of para-hydroxylation sites is 1. The molecular weight excluding hydrogens is 557 g/mol. The molecule has 158 valence electrons.